The lowest BCUT2D eigenvalue weighted by Crippen LogP contribution is -2.70. The molecule has 0 aliphatic carbocycles. The highest BCUT2D eigenvalue weighted by Crippen LogP contribution is 2.58. The lowest BCUT2D eigenvalue weighted by Gasteiger charge is -2.54. The van der Waals surface area contributed by atoms with Crippen LogP contribution in [0.1, 0.15) is 116 Å². The first-order valence-corrected chi connectivity index (χ1v) is 37.1. The quantitative estimate of drug-likeness (QED) is 0.0595. The maximum atomic E-state index is 12.7. The van der Waals surface area contributed by atoms with Crippen LogP contribution >= 0.6 is 0 Å². The average Bonchev–Trinajstić information content (AvgIpc) is 1.51. The number of Topliss-reactive ketones (excluding diaryl/α,β-unsaturated/α-hetero) is 3. The van der Waals surface area contributed by atoms with E-state index in [4.69, 9.17) is 9.78 Å². The van der Waals surface area contributed by atoms with E-state index in [0.29, 0.717) is 0 Å². The van der Waals surface area contributed by atoms with Gasteiger partial charge in [0.1, 0.15) is 27.9 Å². The van der Waals surface area contributed by atoms with Crippen LogP contribution in [0.5, 0.6) is 0 Å². The summed E-state index contributed by atoms with van der Waals surface area (Å²) in [5.74, 6) is -1.30. The first-order valence-electron chi connectivity index (χ1n) is 32.7. The predicted octanol–water partition coefficient (Wildman–Crippen LogP) is 13.0. The number of rotatable bonds is 8. The normalized spacial score (nSPS) is 23.5. The summed E-state index contributed by atoms with van der Waals surface area (Å²) >= 11 is 0. The topological polar surface area (TPSA) is 234 Å². The van der Waals surface area contributed by atoms with Gasteiger partial charge in [0.25, 0.3) is 0 Å². The van der Waals surface area contributed by atoms with Crippen molar-refractivity contribution in [1.29, 1.82) is 0 Å². The Morgan fingerprint density at radius 1 is 0.480 bits per heavy atom. The van der Waals surface area contributed by atoms with E-state index in [1.807, 2.05) is 145 Å². The van der Waals surface area contributed by atoms with Crippen molar-refractivity contribution in [1.82, 2.24) is 0 Å². The first-order chi connectivity index (χ1) is 47.7. The van der Waals surface area contributed by atoms with E-state index in [2.05, 4.69) is 60.6 Å². The van der Waals surface area contributed by atoms with Gasteiger partial charge in [-0.25, -0.2) is 35.0 Å². The number of likely N-dealkylation sites (N-methyl/N-ethyl adjacent to an activating group) is 3. The molecule has 0 bridgehead atoms. The lowest BCUT2D eigenvalue weighted by molar-refractivity contribution is -0.694. The second-order valence-corrected chi connectivity index (χ2v) is 33.3. The summed E-state index contributed by atoms with van der Waals surface area (Å²) in [7, 11) is -3.76. The van der Waals surface area contributed by atoms with Gasteiger partial charge in [-0.2, -0.15) is 4.58 Å². The molecule has 0 aromatic heterocycles. The van der Waals surface area contributed by atoms with Crippen molar-refractivity contribution in [2.24, 2.45) is 0 Å². The molecule has 0 N–H and O–H groups in total. The van der Waals surface area contributed by atoms with Gasteiger partial charge in [-0.15, -0.1) is 0 Å². The van der Waals surface area contributed by atoms with Gasteiger partial charge in [-0.1, -0.05) is 169 Å². The predicted molar refractivity (Wildman–Crippen MR) is 393 cm³/mol. The minimum Gasteiger partial charge on any atom is -0.722 e. The monoisotopic (exact) mass is 1430 g/mol. The molecule has 7 aromatic carbocycles. The number of benzene rings is 7. The Kier molecular flexibility index (Phi) is 19.3. The van der Waals surface area contributed by atoms with Crippen LogP contribution in [0.25, 0.3) is 0 Å². The Morgan fingerprint density at radius 2 is 0.882 bits per heavy atom. The Bertz CT molecular complexity index is 5300. The summed E-state index contributed by atoms with van der Waals surface area (Å²) in [5, 5.41) is 11.6. The molecule has 0 saturated carbocycles. The summed E-state index contributed by atoms with van der Waals surface area (Å²) < 4.78 is 77.9. The molecule has 21 heteroatoms. The molecule has 15 rings (SSSR count). The molecule has 526 valence electrons. The van der Waals surface area contributed by atoms with Gasteiger partial charge in [-0.05, 0) is 135 Å². The Labute approximate surface area is 596 Å². The van der Waals surface area contributed by atoms with E-state index in [9.17, 15) is 49.7 Å². The van der Waals surface area contributed by atoms with Gasteiger partial charge < -0.3 is 24.8 Å². The third-order valence-electron chi connectivity index (χ3n) is 20.5. The van der Waals surface area contributed by atoms with Crippen LogP contribution in [-0.4, -0.2) is 105 Å². The molecule has 3 unspecified atom stereocenters. The maximum absolute atomic E-state index is 12.7. The van der Waals surface area contributed by atoms with Crippen LogP contribution in [-0.2, 0) is 70.6 Å². The first kappa shape index (κ1) is 73.4. The molecule has 1 spiro atoms. The molecule has 3 atom stereocenters. The number of hydrogen-bond acceptors (Lipinski definition) is 16. The Balaban J connectivity index is 0.000000141. The van der Waals surface area contributed by atoms with Crippen LogP contribution in [0.2, 0.25) is 0 Å². The molecule has 1 fully saturated rings. The third-order valence-corrected chi connectivity index (χ3v) is 26.0. The zero-order valence-corrected chi connectivity index (χ0v) is 60.3. The van der Waals surface area contributed by atoms with E-state index in [-0.39, 0.29) is 75.7 Å². The van der Waals surface area contributed by atoms with Gasteiger partial charge in [-0.3, -0.25) is 19.2 Å². The molecule has 7 aromatic rings. The summed E-state index contributed by atoms with van der Waals surface area (Å²) in [5.41, 5.74) is 9.20. The molecule has 18 nitrogen and oxygen atoms in total. The number of para-hydroxylation sites is 4. The molecular formula is C81H80N4O14S3. The van der Waals surface area contributed by atoms with Crippen LogP contribution in [0.15, 0.2) is 266 Å². The zero-order chi connectivity index (χ0) is 72.7. The second kappa shape index (κ2) is 26.8. The van der Waals surface area contributed by atoms with Gasteiger partial charge in [0, 0.05) is 83.1 Å². The highest BCUT2D eigenvalue weighted by atomic mass is 32.2. The van der Waals surface area contributed by atoms with Crippen molar-refractivity contribution in [3.63, 3.8) is 0 Å². The number of hydrogen-bond donors (Lipinski definition) is 0. The fourth-order valence-electron chi connectivity index (χ4n) is 15.1. The van der Waals surface area contributed by atoms with Crippen molar-refractivity contribution in [2.75, 3.05) is 42.9 Å². The Morgan fingerprint density at radius 3 is 1.32 bits per heavy atom. The van der Waals surface area contributed by atoms with Crippen LogP contribution < -0.4 is 20.0 Å². The maximum Gasteiger partial charge on any atom is 0.236 e. The lowest BCUT2D eigenvalue weighted by atomic mass is 9.74. The summed E-state index contributed by atoms with van der Waals surface area (Å²) in [6.07, 6.45) is 14.2. The Hall–Kier alpha value is -9.84. The smallest absolute Gasteiger partial charge is 0.236 e. The van der Waals surface area contributed by atoms with Crippen molar-refractivity contribution in [3.05, 3.63) is 290 Å². The van der Waals surface area contributed by atoms with Crippen molar-refractivity contribution in [2.45, 2.75) is 117 Å². The number of sulfone groups is 3. The number of carbonyl (C=O) groups excluding carboxylic acids is 4. The van der Waals surface area contributed by atoms with Crippen LogP contribution in [0.3, 0.4) is 0 Å². The zero-order valence-electron chi connectivity index (χ0n) is 57.8. The highest BCUT2D eigenvalue weighted by Gasteiger charge is 2.68. The van der Waals surface area contributed by atoms with E-state index < -0.39 is 70.2 Å². The van der Waals surface area contributed by atoms with Gasteiger partial charge in [0.2, 0.25) is 64.2 Å². The van der Waals surface area contributed by atoms with E-state index >= 15 is 0 Å². The van der Waals surface area contributed by atoms with Crippen LogP contribution in [0, 0.1) is 0 Å². The average molecular weight is 1430 g/mol. The van der Waals surface area contributed by atoms with Crippen LogP contribution in [0.4, 0.5) is 22.7 Å². The van der Waals surface area contributed by atoms with E-state index in [1.165, 1.54) is 66.3 Å². The second-order valence-electron chi connectivity index (χ2n) is 27.6. The highest BCUT2D eigenvalue weighted by molar-refractivity contribution is 7.97. The molecule has 1 saturated heterocycles. The van der Waals surface area contributed by atoms with Gasteiger partial charge >= 0.3 is 0 Å². The number of anilines is 3. The van der Waals surface area contributed by atoms with E-state index in [1.54, 1.807) is 71.7 Å². The standard InChI is InChI=1S/2C23H21NO5S.C23H21NO3S.C11H13NO.CH4/c1-22(2)16-10-5-6-11-17(16)24(3)23(22)20(28-29-23)14-8-13-19-21(25)15-9-4-7-12-18(15)30(19,26)27;1-23(2)16-10-5-6-11-17(16)24(3)22(23)18(29-26)12-8-14-20-21(25)15-9-4-7-13-19(15)30(20,27)28;1-23(2)17-11-5-6-12-18(17)24(3)21(23)15-9-8-14-20-22(25)16-10-4-7-13-19(16)28(20,26)27;1-11(2)8-6-4-5-7-9(8)12(3)10(11)13;/h4-14,20H,1-3H3;4-14,18H,1-3H3;4-15H,1-3H3;4-7H,1-3H3;1H4/b14-8+,19-13-;12-8+,20-14-;9-8+,20-14-,21-15+;;. The number of nitrogens with zero attached hydrogens (tertiary/aromatic N) is 4. The fraction of sp³-hybridized carbons (Fsp3) is 0.247. The van der Waals surface area contributed by atoms with E-state index in [0.717, 1.165) is 50.8 Å². The molecule has 0 radical (unpaired) electrons. The molecule has 102 heavy (non-hydrogen) atoms. The van der Waals surface area contributed by atoms with Gasteiger partial charge in [0.05, 0.1) is 25.5 Å². The molecular weight excluding hydrogens is 1350 g/mol. The van der Waals surface area contributed by atoms with Gasteiger partial charge in [0.15, 0.2) is 11.8 Å². The number of allylic oxidation sites excluding steroid dienone is 12. The molecule has 1 amide bonds. The molecule has 8 aliphatic heterocycles. The summed E-state index contributed by atoms with van der Waals surface area (Å²) in [6, 6.07) is 50.8. The largest absolute Gasteiger partial charge is 0.722 e. The minimum absolute atomic E-state index is 0. The van der Waals surface area contributed by atoms with Crippen molar-refractivity contribution in [3.8, 4) is 0 Å². The van der Waals surface area contributed by atoms with Crippen molar-refractivity contribution < 1.29 is 68.9 Å². The minimum atomic E-state index is -3.87. The summed E-state index contributed by atoms with van der Waals surface area (Å²) in [4.78, 5) is 70.4. The van der Waals surface area contributed by atoms with Crippen molar-refractivity contribution >= 4 is 81.2 Å². The third kappa shape index (κ3) is 11.5. The number of carbonyl (C=O) groups is 4. The SMILES string of the molecule is C.CN1/C(=C/C=C/C=C2/C(=O)c3ccccc3S2(=O)=O)C(C)(C)c2ccccc21.CN1C(=O)C(C)(C)c2ccccc21.CN1c2ccccc2C(C)(C)C12OOC2/C=C/C=C1/C(=O)c2ccccc2S1(=O)=O.C[N+]1=C(C(/C=C/C=C2/C(=O)c3ccccc3S2(=O)=O)O[O-])C(C)(C)c2ccccc21. The molecule has 8 aliphatic rings. The summed E-state index contributed by atoms with van der Waals surface area (Å²) in [6.45, 7) is 16.5. The number of fused-ring (bicyclic) bond motifs is 7. The fourth-order valence-corrected chi connectivity index (χ4v) is 19.8. The number of amides is 1. The molecule has 8 heterocycles. The number of ketones is 3.